The number of benzene rings is 1. The Labute approximate surface area is 98.0 Å². The lowest BCUT2D eigenvalue weighted by atomic mass is 9.99. The first kappa shape index (κ1) is 11.0. The number of H-pyrrole nitrogens is 1. The van der Waals surface area contributed by atoms with E-state index >= 15 is 0 Å². The predicted octanol–water partition coefficient (Wildman–Crippen LogP) is 3.64. The van der Waals surface area contributed by atoms with Crippen molar-refractivity contribution in [3.8, 4) is 0 Å². The number of para-hydroxylation sites is 1. The van der Waals surface area contributed by atoms with E-state index in [1.165, 1.54) is 0 Å². The van der Waals surface area contributed by atoms with Gasteiger partial charge in [0.1, 0.15) is 5.69 Å². The zero-order chi connectivity index (χ0) is 11.9. The molecular weight excluding hydrogens is 226 g/mol. The summed E-state index contributed by atoms with van der Waals surface area (Å²) >= 11 is 6.03. The molecule has 0 saturated heterocycles. The van der Waals surface area contributed by atoms with Gasteiger partial charge in [0.15, 0.2) is 0 Å². The minimum atomic E-state index is -0.948. The second kappa shape index (κ2) is 3.83. The molecule has 0 fully saturated rings. The fraction of sp³-hybridized carbons (Fsp3) is 0.250. The molecule has 0 bridgehead atoms. The van der Waals surface area contributed by atoms with Gasteiger partial charge in [-0.05, 0) is 17.5 Å². The first-order valence-electron chi connectivity index (χ1n) is 5.05. The number of aromatic carboxylic acids is 1. The van der Waals surface area contributed by atoms with Crippen molar-refractivity contribution in [1.29, 1.82) is 0 Å². The zero-order valence-electron chi connectivity index (χ0n) is 9.04. The summed E-state index contributed by atoms with van der Waals surface area (Å²) in [6.07, 6.45) is 0. The SMILES string of the molecule is CC(C)c1c(C(=O)O)[nH]c2c(Cl)cccc12. The van der Waals surface area contributed by atoms with Crippen LogP contribution in [0.2, 0.25) is 5.02 Å². The van der Waals surface area contributed by atoms with E-state index in [4.69, 9.17) is 16.7 Å². The molecule has 2 N–H and O–H groups in total. The lowest BCUT2D eigenvalue weighted by Gasteiger charge is -2.04. The zero-order valence-corrected chi connectivity index (χ0v) is 9.80. The van der Waals surface area contributed by atoms with Crippen LogP contribution in [-0.4, -0.2) is 16.1 Å². The minimum absolute atomic E-state index is 0.137. The van der Waals surface area contributed by atoms with Crippen molar-refractivity contribution < 1.29 is 9.90 Å². The highest BCUT2D eigenvalue weighted by Gasteiger charge is 2.20. The summed E-state index contributed by atoms with van der Waals surface area (Å²) < 4.78 is 0. The Morgan fingerprint density at radius 3 is 2.69 bits per heavy atom. The van der Waals surface area contributed by atoms with Crippen LogP contribution in [0.15, 0.2) is 18.2 Å². The largest absolute Gasteiger partial charge is 0.477 e. The molecule has 0 saturated carbocycles. The lowest BCUT2D eigenvalue weighted by molar-refractivity contribution is 0.0690. The number of carbonyl (C=O) groups is 1. The Kier molecular flexibility index (Phi) is 2.64. The average Bonchev–Trinajstić information content (AvgIpc) is 2.58. The number of rotatable bonds is 2. The quantitative estimate of drug-likeness (QED) is 0.838. The molecule has 4 heteroatoms. The summed E-state index contributed by atoms with van der Waals surface area (Å²) in [6, 6.07) is 5.46. The molecule has 0 radical (unpaired) electrons. The van der Waals surface area contributed by atoms with Crippen molar-refractivity contribution in [1.82, 2.24) is 4.98 Å². The van der Waals surface area contributed by atoms with Crippen LogP contribution in [0.5, 0.6) is 0 Å². The number of hydrogen-bond acceptors (Lipinski definition) is 1. The highest BCUT2D eigenvalue weighted by Crippen LogP contribution is 2.32. The van der Waals surface area contributed by atoms with E-state index in [1.54, 1.807) is 6.07 Å². The van der Waals surface area contributed by atoms with E-state index in [0.717, 1.165) is 10.9 Å². The van der Waals surface area contributed by atoms with Crippen LogP contribution in [0, 0.1) is 0 Å². The van der Waals surface area contributed by atoms with Gasteiger partial charge in [0, 0.05) is 5.39 Å². The molecule has 0 spiro atoms. The highest BCUT2D eigenvalue weighted by atomic mass is 35.5. The van der Waals surface area contributed by atoms with Gasteiger partial charge in [0.2, 0.25) is 0 Å². The number of nitrogens with one attached hydrogen (secondary N) is 1. The minimum Gasteiger partial charge on any atom is -0.477 e. The van der Waals surface area contributed by atoms with Crippen molar-refractivity contribution in [2.75, 3.05) is 0 Å². The fourth-order valence-electron chi connectivity index (χ4n) is 1.97. The van der Waals surface area contributed by atoms with E-state index in [9.17, 15) is 4.79 Å². The third kappa shape index (κ3) is 1.57. The molecule has 3 nitrogen and oxygen atoms in total. The number of aromatic nitrogens is 1. The Hall–Kier alpha value is -1.48. The molecule has 2 aromatic rings. The monoisotopic (exact) mass is 237 g/mol. The number of hydrogen-bond donors (Lipinski definition) is 2. The third-order valence-electron chi connectivity index (χ3n) is 2.61. The van der Waals surface area contributed by atoms with Gasteiger partial charge in [-0.2, -0.15) is 0 Å². The maximum Gasteiger partial charge on any atom is 0.352 e. The summed E-state index contributed by atoms with van der Waals surface area (Å²) in [5.41, 5.74) is 1.74. The summed E-state index contributed by atoms with van der Waals surface area (Å²) in [4.78, 5) is 14.0. The van der Waals surface area contributed by atoms with Gasteiger partial charge in [-0.15, -0.1) is 0 Å². The molecule has 1 aromatic heterocycles. The van der Waals surface area contributed by atoms with Crippen LogP contribution in [0.3, 0.4) is 0 Å². The van der Waals surface area contributed by atoms with Gasteiger partial charge in [-0.1, -0.05) is 37.6 Å². The lowest BCUT2D eigenvalue weighted by Crippen LogP contribution is -2.02. The van der Waals surface area contributed by atoms with Gasteiger partial charge in [0.05, 0.1) is 10.5 Å². The van der Waals surface area contributed by atoms with E-state index < -0.39 is 5.97 Å². The van der Waals surface area contributed by atoms with Crippen molar-refractivity contribution in [3.63, 3.8) is 0 Å². The summed E-state index contributed by atoms with van der Waals surface area (Å²) in [6.45, 7) is 3.94. The van der Waals surface area contributed by atoms with Gasteiger partial charge in [0.25, 0.3) is 0 Å². The van der Waals surface area contributed by atoms with E-state index in [2.05, 4.69) is 4.98 Å². The van der Waals surface area contributed by atoms with Crippen molar-refractivity contribution in [2.24, 2.45) is 0 Å². The number of aromatic amines is 1. The van der Waals surface area contributed by atoms with Crippen LogP contribution in [0.1, 0.15) is 35.8 Å². The Morgan fingerprint density at radius 2 is 2.12 bits per heavy atom. The molecule has 0 amide bonds. The van der Waals surface area contributed by atoms with E-state index in [-0.39, 0.29) is 11.6 Å². The molecule has 0 aliphatic carbocycles. The normalized spacial score (nSPS) is 11.2. The first-order chi connectivity index (χ1) is 7.52. The van der Waals surface area contributed by atoms with Crippen molar-refractivity contribution in [2.45, 2.75) is 19.8 Å². The average molecular weight is 238 g/mol. The third-order valence-corrected chi connectivity index (χ3v) is 2.93. The predicted molar refractivity (Wildman–Crippen MR) is 64.4 cm³/mol. The van der Waals surface area contributed by atoms with Crippen molar-refractivity contribution >= 4 is 28.5 Å². The topological polar surface area (TPSA) is 53.1 Å². The number of carboxylic acids is 1. The van der Waals surface area contributed by atoms with Crippen molar-refractivity contribution in [3.05, 3.63) is 34.5 Å². The molecule has 0 aliphatic rings. The van der Waals surface area contributed by atoms with Crippen LogP contribution in [0.25, 0.3) is 10.9 Å². The molecular formula is C12H12ClNO2. The van der Waals surface area contributed by atoms with Gasteiger partial charge in [-0.3, -0.25) is 0 Å². The number of fused-ring (bicyclic) bond motifs is 1. The molecule has 16 heavy (non-hydrogen) atoms. The maximum atomic E-state index is 11.1. The first-order valence-corrected chi connectivity index (χ1v) is 5.43. The molecule has 1 aromatic carbocycles. The standard InChI is InChI=1S/C12H12ClNO2/c1-6(2)9-7-4-3-5-8(13)10(7)14-11(9)12(15)16/h3-6,14H,1-2H3,(H,15,16). The van der Waals surface area contributed by atoms with Crippen LogP contribution in [-0.2, 0) is 0 Å². The van der Waals surface area contributed by atoms with Gasteiger partial charge >= 0.3 is 5.97 Å². The highest BCUT2D eigenvalue weighted by molar-refractivity contribution is 6.35. The fourth-order valence-corrected chi connectivity index (χ4v) is 2.19. The molecule has 84 valence electrons. The number of halogens is 1. The maximum absolute atomic E-state index is 11.1. The smallest absolute Gasteiger partial charge is 0.352 e. The molecule has 0 aliphatic heterocycles. The summed E-state index contributed by atoms with van der Waals surface area (Å²) in [7, 11) is 0. The van der Waals surface area contributed by atoms with E-state index in [0.29, 0.717) is 10.5 Å². The van der Waals surface area contributed by atoms with Gasteiger partial charge in [-0.25, -0.2) is 4.79 Å². The molecule has 1 heterocycles. The van der Waals surface area contributed by atoms with Crippen LogP contribution >= 0.6 is 11.6 Å². The molecule has 2 rings (SSSR count). The Bertz CT molecular complexity index is 557. The van der Waals surface area contributed by atoms with Crippen LogP contribution < -0.4 is 0 Å². The second-order valence-corrected chi connectivity index (χ2v) is 4.44. The van der Waals surface area contributed by atoms with E-state index in [1.807, 2.05) is 26.0 Å². The van der Waals surface area contributed by atoms with Gasteiger partial charge < -0.3 is 10.1 Å². The summed E-state index contributed by atoms with van der Waals surface area (Å²) in [5, 5.41) is 10.6. The molecule has 0 unspecified atom stereocenters. The second-order valence-electron chi connectivity index (χ2n) is 4.04. The number of carboxylic acid groups (broad SMARTS) is 1. The Balaban J connectivity index is 2.86. The summed E-state index contributed by atoms with van der Waals surface area (Å²) in [5.74, 6) is -0.811. The Morgan fingerprint density at radius 1 is 1.44 bits per heavy atom. The van der Waals surface area contributed by atoms with Crippen LogP contribution in [0.4, 0.5) is 0 Å². The molecule has 0 atom stereocenters.